The molecule has 0 fully saturated rings. The Morgan fingerprint density at radius 2 is 1.90 bits per heavy atom. The van der Waals surface area contributed by atoms with E-state index < -0.39 is 5.54 Å². The van der Waals surface area contributed by atoms with Gasteiger partial charge in [0, 0.05) is 6.20 Å². The summed E-state index contributed by atoms with van der Waals surface area (Å²) >= 11 is 0. The van der Waals surface area contributed by atoms with Gasteiger partial charge in [-0.15, -0.1) is 0 Å². The molecular formula is C17H21N3O. The van der Waals surface area contributed by atoms with Crippen molar-refractivity contribution in [3.05, 3.63) is 58.7 Å². The summed E-state index contributed by atoms with van der Waals surface area (Å²) in [6.07, 6.45) is 1.58. The first-order chi connectivity index (χ1) is 9.79. The van der Waals surface area contributed by atoms with Crippen LogP contribution >= 0.6 is 0 Å². The Labute approximate surface area is 125 Å². The summed E-state index contributed by atoms with van der Waals surface area (Å²) in [7, 11) is 0. The maximum atomic E-state index is 12.5. The lowest BCUT2D eigenvalue weighted by molar-refractivity contribution is 0.0910. The molecule has 2 aromatic rings. The minimum Gasteiger partial charge on any atom is -0.343 e. The van der Waals surface area contributed by atoms with Crippen LogP contribution in [0.3, 0.4) is 0 Å². The summed E-state index contributed by atoms with van der Waals surface area (Å²) in [6, 6.07) is 8.14. The number of rotatable bonds is 3. The molecule has 1 N–H and O–H groups in total. The van der Waals surface area contributed by atoms with Gasteiger partial charge in [-0.05, 0) is 40.2 Å². The number of nitrogens with one attached hydrogen (secondary N) is 1. The predicted octanol–water partition coefficient (Wildman–Crippen LogP) is 3.07. The number of aromatic nitrogens is 2. The van der Waals surface area contributed by atoms with Gasteiger partial charge >= 0.3 is 0 Å². The molecule has 0 aliphatic rings. The Hall–Kier alpha value is -2.23. The number of carbonyl (C=O) groups excluding carboxylic acids is 1. The Morgan fingerprint density at radius 1 is 1.19 bits per heavy atom. The van der Waals surface area contributed by atoms with Crippen molar-refractivity contribution in [2.24, 2.45) is 0 Å². The van der Waals surface area contributed by atoms with Gasteiger partial charge < -0.3 is 5.32 Å². The maximum absolute atomic E-state index is 12.5. The molecular weight excluding hydrogens is 262 g/mol. The fourth-order valence-electron chi connectivity index (χ4n) is 2.26. The average Bonchev–Trinajstić information content (AvgIpc) is 2.37. The van der Waals surface area contributed by atoms with Gasteiger partial charge in [-0.25, -0.2) is 9.97 Å². The molecule has 0 aliphatic heterocycles. The fourth-order valence-corrected chi connectivity index (χ4v) is 2.26. The van der Waals surface area contributed by atoms with Gasteiger partial charge in [0.2, 0.25) is 0 Å². The van der Waals surface area contributed by atoms with E-state index in [1.807, 2.05) is 52.8 Å². The second-order valence-corrected chi connectivity index (χ2v) is 5.86. The van der Waals surface area contributed by atoms with Crippen molar-refractivity contribution in [3.63, 3.8) is 0 Å². The largest absolute Gasteiger partial charge is 0.343 e. The van der Waals surface area contributed by atoms with E-state index in [2.05, 4.69) is 21.4 Å². The van der Waals surface area contributed by atoms with Crippen LogP contribution in [-0.4, -0.2) is 15.9 Å². The fraction of sp³-hybridized carbons (Fsp3) is 0.353. The van der Waals surface area contributed by atoms with Crippen LogP contribution in [-0.2, 0) is 5.54 Å². The quantitative estimate of drug-likeness (QED) is 0.942. The highest BCUT2D eigenvalue weighted by Crippen LogP contribution is 2.21. The van der Waals surface area contributed by atoms with Crippen LogP contribution in [0.5, 0.6) is 0 Å². The van der Waals surface area contributed by atoms with Crippen LogP contribution < -0.4 is 5.32 Å². The molecule has 0 saturated heterocycles. The molecule has 4 nitrogen and oxygen atoms in total. The first-order valence-electron chi connectivity index (χ1n) is 6.99. The van der Waals surface area contributed by atoms with E-state index in [0.29, 0.717) is 17.1 Å². The molecule has 0 bridgehead atoms. The van der Waals surface area contributed by atoms with Gasteiger partial charge in [-0.3, -0.25) is 4.79 Å². The second kappa shape index (κ2) is 5.64. The van der Waals surface area contributed by atoms with Crippen molar-refractivity contribution in [2.45, 2.75) is 40.2 Å². The zero-order chi connectivity index (χ0) is 15.6. The number of hydrogen-bond acceptors (Lipinski definition) is 3. The molecule has 1 aromatic carbocycles. The van der Waals surface area contributed by atoms with Crippen LogP contribution in [0.15, 0.2) is 30.5 Å². The third-order valence-electron chi connectivity index (χ3n) is 3.51. The van der Waals surface area contributed by atoms with E-state index in [1.54, 1.807) is 6.20 Å². The molecule has 1 aromatic heterocycles. The van der Waals surface area contributed by atoms with E-state index in [-0.39, 0.29) is 5.91 Å². The highest BCUT2D eigenvalue weighted by molar-refractivity contribution is 5.95. The van der Waals surface area contributed by atoms with Gasteiger partial charge in [0.25, 0.3) is 5.91 Å². The maximum Gasteiger partial charge on any atom is 0.255 e. The minimum atomic E-state index is -0.458. The summed E-state index contributed by atoms with van der Waals surface area (Å²) in [6.45, 7) is 9.65. The molecule has 0 unspecified atom stereocenters. The van der Waals surface area contributed by atoms with Crippen LogP contribution in [0.1, 0.15) is 46.9 Å². The molecule has 2 rings (SSSR count). The van der Waals surface area contributed by atoms with E-state index in [9.17, 15) is 4.79 Å². The van der Waals surface area contributed by atoms with Gasteiger partial charge in [-0.1, -0.05) is 29.8 Å². The number of benzene rings is 1. The normalized spacial score (nSPS) is 11.3. The Balaban J connectivity index is 2.25. The third kappa shape index (κ3) is 3.45. The van der Waals surface area contributed by atoms with E-state index in [4.69, 9.17) is 0 Å². The lowest BCUT2D eigenvalue weighted by Crippen LogP contribution is -2.41. The van der Waals surface area contributed by atoms with Crippen molar-refractivity contribution in [3.8, 4) is 0 Å². The zero-order valence-corrected chi connectivity index (χ0v) is 13.2. The number of carbonyl (C=O) groups is 1. The van der Waals surface area contributed by atoms with Gasteiger partial charge in [0.05, 0.1) is 16.8 Å². The number of nitrogens with zero attached hydrogens (tertiary/aromatic N) is 2. The van der Waals surface area contributed by atoms with E-state index in [0.717, 1.165) is 5.56 Å². The van der Waals surface area contributed by atoms with Crippen LogP contribution in [0, 0.1) is 20.8 Å². The topological polar surface area (TPSA) is 54.9 Å². The number of amides is 1. The lowest BCUT2D eigenvalue weighted by Gasteiger charge is -2.27. The third-order valence-corrected chi connectivity index (χ3v) is 3.51. The molecule has 21 heavy (non-hydrogen) atoms. The highest BCUT2D eigenvalue weighted by Gasteiger charge is 2.24. The van der Waals surface area contributed by atoms with E-state index in [1.165, 1.54) is 5.56 Å². The summed E-state index contributed by atoms with van der Waals surface area (Å²) < 4.78 is 0. The van der Waals surface area contributed by atoms with Crippen molar-refractivity contribution >= 4 is 5.91 Å². The second-order valence-electron chi connectivity index (χ2n) is 5.86. The number of hydrogen-bond donors (Lipinski definition) is 1. The average molecular weight is 283 g/mol. The standard InChI is InChI=1S/C17H21N3O/c1-11-7-6-8-14(9-11)17(4,5)20-16(21)15-10-18-13(3)19-12(15)2/h6-10H,1-5H3,(H,20,21). The van der Waals surface area contributed by atoms with Crippen molar-refractivity contribution in [2.75, 3.05) is 0 Å². The lowest BCUT2D eigenvalue weighted by atomic mass is 9.92. The Bertz CT molecular complexity index is 677. The SMILES string of the molecule is Cc1cccc(C(C)(C)NC(=O)c2cnc(C)nc2C)c1. The Morgan fingerprint density at radius 3 is 2.52 bits per heavy atom. The zero-order valence-electron chi connectivity index (χ0n) is 13.2. The number of aryl methyl sites for hydroxylation is 3. The van der Waals surface area contributed by atoms with Crippen LogP contribution in [0.25, 0.3) is 0 Å². The molecule has 0 spiro atoms. The van der Waals surface area contributed by atoms with Crippen molar-refractivity contribution in [1.29, 1.82) is 0 Å². The first kappa shape index (κ1) is 15.2. The molecule has 4 heteroatoms. The summed E-state index contributed by atoms with van der Waals surface area (Å²) in [5.41, 5.74) is 2.99. The van der Waals surface area contributed by atoms with Crippen LogP contribution in [0.4, 0.5) is 0 Å². The molecule has 0 saturated carbocycles. The minimum absolute atomic E-state index is 0.154. The van der Waals surface area contributed by atoms with Gasteiger partial charge in [0.15, 0.2) is 0 Å². The highest BCUT2D eigenvalue weighted by atomic mass is 16.1. The molecule has 110 valence electrons. The first-order valence-corrected chi connectivity index (χ1v) is 6.99. The van der Waals surface area contributed by atoms with Crippen LogP contribution in [0.2, 0.25) is 0 Å². The Kier molecular flexibility index (Phi) is 4.07. The molecule has 0 radical (unpaired) electrons. The van der Waals surface area contributed by atoms with Gasteiger partial charge in [-0.2, -0.15) is 0 Å². The molecule has 1 heterocycles. The van der Waals surface area contributed by atoms with Gasteiger partial charge in [0.1, 0.15) is 5.82 Å². The molecule has 0 aliphatic carbocycles. The monoisotopic (exact) mass is 283 g/mol. The van der Waals surface area contributed by atoms with E-state index >= 15 is 0 Å². The smallest absolute Gasteiger partial charge is 0.255 e. The summed E-state index contributed by atoms with van der Waals surface area (Å²) in [4.78, 5) is 20.8. The van der Waals surface area contributed by atoms with Crippen molar-refractivity contribution < 1.29 is 4.79 Å². The predicted molar refractivity (Wildman–Crippen MR) is 83.2 cm³/mol. The molecule has 0 atom stereocenters. The summed E-state index contributed by atoms with van der Waals surface area (Å²) in [5, 5.41) is 3.06. The molecule has 1 amide bonds. The van der Waals surface area contributed by atoms with Crippen molar-refractivity contribution in [1.82, 2.24) is 15.3 Å². The summed E-state index contributed by atoms with van der Waals surface area (Å²) in [5.74, 6) is 0.515.